The molecule has 3 rings (SSSR count). The summed E-state index contributed by atoms with van der Waals surface area (Å²) in [4.78, 5) is 22.8. The number of hydrogen-bond donors (Lipinski definition) is 0. The number of rotatable bonds is 2. The molecule has 1 aliphatic heterocycles. The van der Waals surface area contributed by atoms with Crippen molar-refractivity contribution in [3.05, 3.63) is 59.7 Å². The zero-order chi connectivity index (χ0) is 15.7. The molecule has 0 saturated carbocycles. The molecule has 0 unspecified atom stereocenters. The smallest absolute Gasteiger partial charge is 0.257 e. The van der Waals surface area contributed by atoms with E-state index < -0.39 is 0 Å². The van der Waals surface area contributed by atoms with Crippen LogP contribution >= 0.6 is 0 Å². The molecule has 1 atom stereocenters. The third kappa shape index (κ3) is 2.61. The number of hydrogen-bond acceptors (Lipinski definition) is 3. The number of aromatic nitrogens is 2. The van der Waals surface area contributed by atoms with E-state index in [1.54, 1.807) is 6.20 Å². The van der Waals surface area contributed by atoms with Crippen LogP contribution < -0.4 is 0 Å². The average molecular weight is 295 g/mol. The molecule has 1 aromatic carbocycles. The maximum atomic E-state index is 12.8. The normalized spacial score (nSPS) is 20.1. The molecule has 1 amide bonds. The summed E-state index contributed by atoms with van der Waals surface area (Å²) < 4.78 is 0. The zero-order valence-corrected chi connectivity index (χ0v) is 13.3. The van der Waals surface area contributed by atoms with Crippen molar-refractivity contribution in [2.24, 2.45) is 5.41 Å². The highest BCUT2D eigenvalue weighted by molar-refractivity contribution is 5.95. The Morgan fingerprint density at radius 2 is 2.00 bits per heavy atom. The van der Waals surface area contributed by atoms with Gasteiger partial charge in [0, 0.05) is 25.2 Å². The van der Waals surface area contributed by atoms with Crippen molar-refractivity contribution in [2.75, 3.05) is 13.1 Å². The second kappa shape index (κ2) is 5.52. The Morgan fingerprint density at radius 3 is 2.68 bits per heavy atom. The minimum atomic E-state index is 0.0320. The molecule has 0 spiro atoms. The summed E-state index contributed by atoms with van der Waals surface area (Å²) in [5, 5.41) is 0. The van der Waals surface area contributed by atoms with Gasteiger partial charge in [-0.2, -0.15) is 0 Å². The fourth-order valence-electron chi connectivity index (χ4n) is 3.30. The van der Waals surface area contributed by atoms with Crippen molar-refractivity contribution in [3.8, 4) is 0 Å². The van der Waals surface area contributed by atoms with E-state index in [1.807, 2.05) is 17.9 Å². The van der Waals surface area contributed by atoms with Crippen LogP contribution in [0, 0.1) is 12.3 Å². The van der Waals surface area contributed by atoms with Crippen molar-refractivity contribution in [1.29, 1.82) is 0 Å². The summed E-state index contributed by atoms with van der Waals surface area (Å²) in [6.45, 7) is 7.80. The van der Waals surface area contributed by atoms with Crippen LogP contribution in [-0.2, 0) is 0 Å². The van der Waals surface area contributed by atoms with Gasteiger partial charge in [-0.05, 0) is 17.9 Å². The largest absolute Gasteiger partial charge is 0.337 e. The molecule has 4 nitrogen and oxygen atoms in total. The number of likely N-dealkylation sites (tertiary alicyclic amines) is 1. The Balaban J connectivity index is 1.86. The molecule has 1 aromatic heterocycles. The molecular weight excluding hydrogens is 274 g/mol. The van der Waals surface area contributed by atoms with Gasteiger partial charge in [-0.15, -0.1) is 0 Å². The molecule has 114 valence electrons. The van der Waals surface area contributed by atoms with Gasteiger partial charge in [0.2, 0.25) is 0 Å². The first-order valence-electron chi connectivity index (χ1n) is 7.60. The molecule has 1 aliphatic rings. The standard InChI is InChI=1S/C18H21N3O/c1-13-15(9-19-12-20-13)17(22)21-10-16(18(2,3)11-21)14-7-5-4-6-8-14/h4-9,12,16H,10-11H2,1-3H3/t16-/m0/s1. The van der Waals surface area contributed by atoms with Crippen molar-refractivity contribution in [1.82, 2.24) is 14.9 Å². The topological polar surface area (TPSA) is 46.1 Å². The van der Waals surface area contributed by atoms with Crippen LogP contribution in [0.3, 0.4) is 0 Å². The molecule has 0 bridgehead atoms. The van der Waals surface area contributed by atoms with E-state index in [9.17, 15) is 4.79 Å². The summed E-state index contributed by atoms with van der Waals surface area (Å²) in [7, 11) is 0. The quantitative estimate of drug-likeness (QED) is 0.855. The number of aryl methyl sites for hydroxylation is 1. The Kier molecular flexibility index (Phi) is 3.69. The van der Waals surface area contributed by atoms with Crippen LogP contribution in [-0.4, -0.2) is 33.9 Å². The van der Waals surface area contributed by atoms with E-state index in [0.717, 1.165) is 18.8 Å². The fraction of sp³-hybridized carbons (Fsp3) is 0.389. The maximum absolute atomic E-state index is 12.8. The lowest BCUT2D eigenvalue weighted by Gasteiger charge is -2.25. The van der Waals surface area contributed by atoms with Crippen LogP contribution in [0.15, 0.2) is 42.9 Å². The lowest BCUT2D eigenvalue weighted by molar-refractivity contribution is 0.0776. The summed E-state index contributed by atoms with van der Waals surface area (Å²) in [5.41, 5.74) is 2.69. The summed E-state index contributed by atoms with van der Waals surface area (Å²) in [6.07, 6.45) is 3.10. The third-order valence-corrected chi connectivity index (χ3v) is 4.58. The molecular formula is C18H21N3O. The summed E-state index contributed by atoms with van der Waals surface area (Å²) in [5.74, 6) is 0.382. The van der Waals surface area contributed by atoms with Gasteiger partial charge in [0.25, 0.3) is 5.91 Å². The highest BCUT2D eigenvalue weighted by Gasteiger charge is 2.42. The maximum Gasteiger partial charge on any atom is 0.257 e. The van der Waals surface area contributed by atoms with Crippen molar-refractivity contribution in [3.63, 3.8) is 0 Å². The first-order chi connectivity index (χ1) is 10.5. The molecule has 0 aliphatic carbocycles. The number of benzene rings is 1. The van der Waals surface area contributed by atoms with Gasteiger partial charge in [0.15, 0.2) is 0 Å². The van der Waals surface area contributed by atoms with Crippen LogP contribution in [0.4, 0.5) is 0 Å². The van der Waals surface area contributed by atoms with Gasteiger partial charge >= 0.3 is 0 Å². The van der Waals surface area contributed by atoms with Crippen LogP contribution in [0.1, 0.15) is 41.4 Å². The third-order valence-electron chi connectivity index (χ3n) is 4.58. The number of carbonyl (C=O) groups excluding carboxylic acids is 1. The predicted octanol–water partition coefficient (Wildman–Crippen LogP) is 3.05. The highest BCUT2D eigenvalue weighted by Crippen LogP contribution is 2.42. The van der Waals surface area contributed by atoms with E-state index >= 15 is 0 Å². The fourth-order valence-corrected chi connectivity index (χ4v) is 3.30. The monoisotopic (exact) mass is 295 g/mol. The first kappa shape index (κ1) is 14.7. The van der Waals surface area contributed by atoms with Gasteiger partial charge in [-0.3, -0.25) is 4.79 Å². The highest BCUT2D eigenvalue weighted by atomic mass is 16.2. The van der Waals surface area contributed by atoms with Crippen LogP contribution in [0.5, 0.6) is 0 Å². The van der Waals surface area contributed by atoms with Crippen LogP contribution in [0.25, 0.3) is 0 Å². The minimum Gasteiger partial charge on any atom is -0.337 e. The summed E-state index contributed by atoms with van der Waals surface area (Å²) in [6, 6.07) is 10.4. The van der Waals surface area contributed by atoms with Crippen molar-refractivity contribution >= 4 is 5.91 Å². The first-order valence-corrected chi connectivity index (χ1v) is 7.60. The molecule has 2 heterocycles. The number of carbonyl (C=O) groups is 1. The molecule has 22 heavy (non-hydrogen) atoms. The number of amides is 1. The zero-order valence-electron chi connectivity index (χ0n) is 13.3. The van der Waals surface area contributed by atoms with Gasteiger partial charge in [0.05, 0.1) is 11.3 Å². The lowest BCUT2D eigenvalue weighted by atomic mass is 9.78. The minimum absolute atomic E-state index is 0.0320. The number of nitrogens with zero attached hydrogens (tertiary/aromatic N) is 3. The second-order valence-corrected chi connectivity index (χ2v) is 6.66. The van der Waals surface area contributed by atoms with E-state index in [4.69, 9.17) is 0 Å². The van der Waals surface area contributed by atoms with Gasteiger partial charge in [0.1, 0.15) is 6.33 Å². The van der Waals surface area contributed by atoms with Crippen molar-refractivity contribution < 1.29 is 4.79 Å². The Morgan fingerprint density at radius 1 is 1.27 bits per heavy atom. The Bertz CT molecular complexity index is 682. The molecule has 4 heteroatoms. The molecule has 1 saturated heterocycles. The van der Waals surface area contributed by atoms with Crippen molar-refractivity contribution in [2.45, 2.75) is 26.7 Å². The van der Waals surface area contributed by atoms with Gasteiger partial charge < -0.3 is 4.90 Å². The molecule has 1 fully saturated rings. The van der Waals surface area contributed by atoms with E-state index in [1.165, 1.54) is 11.9 Å². The van der Waals surface area contributed by atoms with Gasteiger partial charge in [-0.25, -0.2) is 9.97 Å². The Hall–Kier alpha value is -2.23. The lowest BCUT2D eigenvalue weighted by Crippen LogP contribution is -2.31. The average Bonchev–Trinajstić information content (AvgIpc) is 2.83. The van der Waals surface area contributed by atoms with E-state index in [0.29, 0.717) is 11.5 Å². The molecule has 2 aromatic rings. The SMILES string of the molecule is Cc1ncncc1C(=O)N1C[C@@H](c2ccccc2)C(C)(C)C1. The van der Waals surface area contributed by atoms with Gasteiger partial charge in [-0.1, -0.05) is 44.2 Å². The summed E-state index contributed by atoms with van der Waals surface area (Å²) >= 11 is 0. The van der Waals surface area contributed by atoms with Crippen LogP contribution in [0.2, 0.25) is 0 Å². The Labute approximate surface area is 131 Å². The van der Waals surface area contributed by atoms with E-state index in [-0.39, 0.29) is 11.3 Å². The molecule has 0 N–H and O–H groups in total. The molecule has 0 radical (unpaired) electrons. The van der Waals surface area contributed by atoms with E-state index in [2.05, 4.69) is 48.1 Å². The second-order valence-electron chi connectivity index (χ2n) is 6.66. The predicted molar refractivity (Wildman–Crippen MR) is 85.6 cm³/mol.